The van der Waals surface area contributed by atoms with E-state index in [0.29, 0.717) is 17.1 Å². The summed E-state index contributed by atoms with van der Waals surface area (Å²) in [5.74, 6) is -0.983. The summed E-state index contributed by atoms with van der Waals surface area (Å²) in [7, 11) is -3.09. The first-order chi connectivity index (χ1) is 12.3. The molecule has 2 N–H and O–H groups in total. The van der Waals surface area contributed by atoms with Crippen LogP contribution in [0.1, 0.15) is 27.4 Å². The summed E-state index contributed by atoms with van der Waals surface area (Å²) >= 11 is 5.80. The number of halogens is 1. The second-order valence-electron chi connectivity index (χ2n) is 5.94. The minimum Gasteiger partial charge on any atom is -0.347 e. The predicted molar refractivity (Wildman–Crippen MR) is 98.2 cm³/mol. The Morgan fingerprint density at radius 1 is 1.04 bits per heavy atom. The highest BCUT2D eigenvalue weighted by molar-refractivity contribution is 7.91. The molecule has 0 aliphatic carbocycles. The fraction of sp³-hybridized carbons (Fsp3) is 0.235. The zero-order valence-corrected chi connectivity index (χ0v) is 15.2. The average molecular weight is 394 g/mol. The Bertz CT molecular complexity index is 945. The highest BCUT2D eigenvalue weighted by atomic mass is 35.5. The number of nitrogens with zero attached hydrogens (tertiary/aromatic N) is 1. The van der Waals surface area contributed by atoms with E-state index < -0.39 is 27.7 Å². The number of hydrogen-bond donors (Lipinski definition) is 2. The first-order valence-corrected chi connectivity index (χ1v) is 10.1. The standard InChI is InChI=1S/C17H16ClN3O4S/c18-11-4-6-12(7-5-11)19-16(22)14-2-1-3-15(21-14)17(23)20-13-8-9-26(24,25)10-13/h1-7,13H,8-10H2,(H,19,22)(H,20,23). The Kier molecular flexibility index (Phi) is 5.24. The highest BCUT2D eigenvalue weighted by Gasteiger charge is 2.29. The molecule has 0 spiro atoms. The zero-order chi connectivity index (χ0) is 18.7. The van der Waals surface area contributed by atoms with Crippen LogP contribution in [0, 0.1) is 0 Å². The second kappa shape index (κ2) is 7.43. The van der Waals surface area contributed by atoms with Gasteiger partial charge < -0.3 is 10.6 Å². The van der Waals surface area contributed by atoms with Crippen molar-refractivity contribution >= 4 is 38.9 Å². The van der Waals surface area contributed by atoms with Gasteiger partial charge in [-0.3, -0.25) is 9.59 Å². The first kappa shape index (κ1) is 18.3. The van der Waals surface area contributed by atoms with E-state index >= 15 is 0 Å². The lowest BCUT2D eigenvalue weighted by Gasteiger charge is -2.11. The lowest BCUT2D eigenvalue weighted by molar-refractivity contribution is 0.0936. The molecule has 1 unspecified atom stereocenters. The van der Waals surface area contributed by atoms with Crippen LogP contribution in [0.4, 0.5) is 5.69 Å². The van der Waals surface area contributed by atoms with Gasteiger partial charge in [0.15, 0.2) is 9.84 Å². The van der Waals surface area contributed by atoms with Crippen LogP contribution >= 0.6 is 11.6 Å². The number of aromatic nitrogens is 1. The number of rotatable bonds is 4. The Balaban J connectivity index is 1.68. The number of benzene rings is 1. The quantitative estimate of drug-likeness (QED) is 0.825. The number of carbonyl (C=O) groups is 2. The fourth-order valence-electron chi connectivity index (χ4n) is 2.58. The molecule has 26 heavy (non-hydrogen) atoms. The molecule has 1 aromatic carbocycles. The normalized spacial score (nSPS) is 18.3. The van der Waals surface area contributed by atoms with Crippen LogP contribution in [0.15, 0.2) is 42.5 Å². The molecule has 9 heteroatoms. The largest absolute Gasteiger partial charge is 0.347 e. The number of anilines is 1. The van der Waals surface area contributed by atoms with Crippen molar-refractivity contribution in [3.05, 3.63) is 58.9 Å². The maximum absolute atomic E-state index is 12.3. The van der Waals surface area contributed by atoms with Crippen LogP contribution in [0.5, 0.6) is 0 Å². The van der Waals surface area contributed by atoms with Gasteiger partial charge in [-0.05, 0) is 42.8 Å². The maximum Gasteiger partial charge on any atom is 0.274 e. The number of nitrogens with one attached hydrogen (secondary N) is 2. The minimum absolute atomic E-state index is 0.0538. The second-order valence-corrected chi connectivity index (χ2v) is 8.61. The summed E-state index contributed by atoms with van der Waals surface area (Å²) < 4.78 is 22.9. The highest BCUT2D eigenvalue weighted by Crippen LogP contribution is 2.15. The summed E-state index contributed by atoms with van der Waals surface area (Å²) in [5, 5.41) is 5.86. The van der Waals surface area contributed by atoms with Crippen molar-refractivity contribution in [1.29, 1.82) is 0 Å². The molecular weight excluding hydrogens is 378 g/mol. The minimum atomic E-state index is -3.09. The van der Waals surface area contributed by atoms with Crippen LogP contribution < -0.4 is 10.6 Å². The number of amides is 2. The van der Waals surface area contributed by atoms with Gasteiger partial charge in [0, 0.05) is 16.8 Å². The molecule has 0 bridgehead atoms. The molecule has 1 saturated heterocycles. The van der Waals surface area contributed by atoms with E-state index in [1.54, 1.807) is 30.3 Å². The van der Waals surface area contributed by atoms with Gasteiger partial charge >= 0.3 is 0 Å². The number of sulfone groups is 1. The lowest BCUT2D eigenvalue weighted by Crippen LogP contribution is -2.36. The molecule has 0 radical (unpaired) electrons. The smallest absolute Gasteiger partial charge is 0.274 e. The van der Waals surface area contributed by atoms with Crippen LogP contribution in [0.25, 0.3) is 0 Å². The van der Waals surface area contributed by atoms with Crippen molar-refractivity contribution < 1.29 is 18.0 Å². The first-order valence-electron chi connectivity index (χ1n) is 7.88. The van der Waals surface area contributed by atoms with Crippen molar-refractivity contribution in [2.45, 2.75) is 12.5 Å². The Hall–Kier alpha value is -2.45. The van der Waals surface area contributed by atoms with E-state index in [9.17, 15) is 18.0 Å². The number of carbonyl (C=O) groups excluding carboxylic acids is 2. The molecule has 136 valence electrons. The number of pyridine rings is 1. The van der Waals surface area contributed by atoms with Crippen LogP contribution in [-0.4, -0.2) is 42.8 Å². The van der Waals surface area contributed by atoms with Gasteiger partial charge in [-0.25, -0.2) is 13.4 Å². The van der Waals surface area contributed by atoms with Crippen LogP contribution in [-0.2, 0) is 9.84 Å². The molecule has 0 saturated carbocycles. The topological polar surface area (TPSA) is 105 Å². The van der Waals surface area contributed by atoms with Crippen molar-refractivity contribution in [3.8, 4) is 0 Å². The van der Waals surface area contributed by atoms with Crippen molar-refractivity contribution in [3.63, 3.8) is 0 Å². The van der Waals surface area contributed by atoms with Gasteiger partial charge in [-0.1, -0.05) is 17.7 Å². The molecule has 7 nitrogen and oxygen atoms in total. The molecule has 1 atom stereocenters. The van der Waals surface area contributed by atoms with Crippen molar-refractivity contribution in [2.75, 3.05) is 16.8 Å². The van der Waals surface area contributed by atoms with Crippen LogP contribution in [0.2, 0.25) is 5.02 Å². The third-order valence-electron chi connectivity index (χ3n) is 3.88. The Labute approximate surface area is 155 Å². The summed E-state index contributed by atoms with van der Waals surface area (Å²) in [6.07, 6.45) is 0.380. The Morgan fingerprint density at radius 3 is 2.31 bits per heavy atom. The summed E-state index contributed by atoms with van der Waals surface area (Å²) in [4.78, 5) is 28.6. The number of hydrogen-bond acceptors (Lipinski definition) is 5. The van der Waals surface area contributed by atoms with E-state index in [2.05, 4.69) is 15.6 Å². The fourth-order valence-corrected chi connectivity index (χ4v) is 4.38. The molecular formula is C17H16ClN3O4S. The third kappa shape index (κ3) is 4.59. The van der Waals surface area contributed by atoms with Crippen LogP contribution in [0.3, 0.4) is 0 Å². The Morgan fingerprint density at radius 2 is 1.69 bits per heavy atom. The SMILES string of the molecule is O=C(Nc1ccc(Cl)cc1)c1cccc(C(=O)NC2CCS(=O)(=O)C2)n1. The summed E-state index contributed by atoms with van der Waals surface area (Å²) in [5.41, 5.74) is 0.678. The third-order valence-corrected chi connectivity index (χ3v) is 5.90. The van der Waals surface area contributed by atoms with Gasteiger partial charge in [0.25, 0.3) is 11.8 Å². The van der Waals surface area contributed by atoms with Crippen molar-refractivity contribution in [2.24, 2.45) is 0 Å². The van der Waals surface area contributed by atoms with Gasteiger partial charge in [0.2, 0.25) is 0 Å². The monoisotopic (exact) mass is 393 g/mol. The predicted octanol–water partition coefficient (Wildman–Crippen LogP) is 1.90. The van der Waals surface area contributed by atoms with Gasteiger partial charge in [-0.15, -0.1) is 0 Å². The molecule has 1 aliphatic heterocycles. The summed E-state index contributed by atoms with van der Waals surface area (Å²) in [6, 6.07) is 10.7. The molecule has 3 rings (SSSR count). The zero-order valence-electron chi connectivity index (χ0n) is 13.6. The van der Waals surface area contributed by atoms with Gasteiger partial charge in [0.05, 0.1) is 11.5 Å². The molecule has 1 aliphatic rings. The van der Waals surface area contributed by atoms with E-state index in [4.69, 9.17) is 11.6 Å². The lowest BCUT2D eigenvalue weighted by atomic mass is 10.2. The van der Waals surface area contributed by atoms with E-state index in [1.807, 2.05) is 0 Å². The van der Waals surface area contributed by atoms with E-state index in [1.165, 1.54) is 12.1 Å². The molecule has 2 heterocycles. The molecule has 1 fully saturated rings. The van der Waals surface area contributed by atoms with Gasteiger partial charge in [-0.2, -0.15) is 0 Å². The molecule has 1 aromatic heterocycles. The molecule has 2 aromatic rings. The van der Waals surface area contributed by atoms with Gasteiger partial charge in [0.1, 0.15) is 11.4 Å². The van der Waals surface area contributed by atoms with E-state index in [0.717, 1.165) is 0 Å². The van der Waals surface area contributed by atoms with E-state index in [-0.39, 0.29) is 22.9 Å². The van der Waals surface area contributed by atoms with Crippen molar-refractivity contribution in [1.82, 2.24) is 10.3 Å². The molecule has 2 amide bonds. The average Bonchev–Trinajstić information content (AvgIpc) is 2.95. The summed E-state index contributed by atoms with van der Waals surface area (Å²) in [6.45, 7) is 0. The maximum atomic E-state index is 12.3.